The van der Waals surface area contributed by atoms with E-state index in [-0.39, 0.29) is 6.04 Å². The topological polar surface area (TPSA) is 51.5 Å². The number of hydrogen-bond acceptors (Lipinski definition) is 5. The number of aromatic nitrogens is 3. The SMILES string of the molecule is COc1nc2sccn2c1CN[C@@H](C)c1cccnc1. The largest absolute Gasteiger partial charge is 0.480 e. The van der Waals surface area contributed by atoms with Crippen LogP contribution in [0.25, 0.3) is 4.96 Å². The molecule has 5 nitrogen and oxygen atoms in total. The van der Waals surface area contributed by atoms with E-state index in [1.165, 1.54) is 0 Å². The number of pyridine rings is 1. The van der Waals surface area contributed by atoms with Crippen molar-refractivity contribution in [3.8, 4) is 5.88 Å². The lowest BCUT2D eigenvalue weighted by Gasteiger charge is -2.13. The molecule has 3 aromatic rings. The molecule has 0 bridgehead atoms. The average molecular weight is 288 g/mol. The highest BCUT2D eigenvalue weighted by atomic mass is 32.1. The van der Waals surface area contributed by atoms with Gasteiger partial charge in [-0.05, 0) is 18.6 Å². The van der Waals surface area contributed by atoms with Gasteiger partial charge in [0.2, 0.25) is 5.88 Å². The Morgan fingerprint density at radius 3 is 3.15 bits per heavy atom. The summed E-state index contributed by atoms with van der Waals surface area (Å²) in [4.78, 5) is 9.55. The number of imidazole rings is 1. The maximum absolute atomic E-state index is 5.35. The van der Waals surface area contributed by atoms with E-state index in [0.29, 0.717) is 12.4 Å². The number of hydrogen-bond donors (Lipinski definition) is 1. The van der Waals surface area contributed by atoms with Gasteiger partial charge in [-0.1, -0.05) is 6.07 Å². The molecule has 0 radical (unpaired) electrons. The van der Waals surface area contributed by atoms with Crippen LogP contribution in [0.15, 0.2) is 36.1 Å². The Morgan fingerprint density at radius 2 is 2.40 bits per heavy atom. The first kappa shape index (κ1) is 13.1. The maximum atomic E-state index is 5.35. The summed E-state index contributed by atoms with van der Waals surface area (Å²) < 4.78 is 7.41. The summed E-state index contributed by atoms with van der Waals surface area (Å²) in [5.74, 6) is 0.683. The number of nitrogens with one attached hydrogen (secondary N) is 1. The fourth-order valence-corrected chi connectivity index (χ4v) is 2.86. The zero-order valence-corrected chi connectivity index (χ0v) is 12.2. The molecular formula is C14H16N4OS. The van der Waals surface area contributed by atoms with Crippen molar-refractivity contribution in [2.45, 2.75) is 19.5 Å². The third-order valence-corrected chi connectivity index (χ3v) is 4.03. The Hall–Kier alpha value is -1.92. The molecule has 0 unspecified atom stereocenters. The minimum Gasteiger partial charge on any atom is -0.480 e. The number of thiazole rings is 1. The standard InChI is InChI=1S/C14H16N4OS/c1-10(11-4-3-5-15-8-11)16-9-12-13(19-2)17-14-18(12)6-7-20-14/h3-8,10,16H,9H2,1-2H3/t10-/m0/s1. The van der Waals surface area contributed by atoms with Gasteiger partial charge >= 0.3 is 0 Å². The molecule has 0 aliphatic rings. The fourth-order valence-electron chi connectivity index (χ4n) is 2.14. The zero-order chi connectivity index (χ0) is 13.9. The second-order valence-electron chi connectivity index (χ2n) is 4.51. The van der Waals surface area contributed by atoms with E-state index in [2.05, 4.69) is 32.7 Å². The van der Waals surface area contributed by atoms with E-state index in [0.717, 1.165) is 16.2 Å². The normalized spacial score (nSPS) is 12.7. The Bertz CT molecular complexity index is 692. The van der Waals surface area contributed by atoms with Gasteiger partial charge in [-0.25, -0.2) is 0 Å². The lowest BCUT2D eigenvalue weighted by Crippen LogP contribution is -2.19. The van der Waals surface area contributed by atoms with E-state index in [4.69, 9.17) is 4.74 Å². The van der Waals surface area contributed by atoms with Gasteiger partial charge in [0.1, 0.15) is 5.69 Å². The van der Waals surface area contributed by atoms with Crippen molar-refractivity contribution in [1.29, 1.82) is 0 Å². The van der Waals surface area contributed by atoms with E-state index < -0.39 is 0 Å². The smallest absolute Gasteiger partial charge is 0.237 e. The highest BCUT2D eigenvalue weighted by molar-refractivity contribution is 7.15. The third-order valence-electron chi connectivity index (χ3n) is 3.28. The van der Waals surface area contributed by atoms with Crippen LogP contribution < -0.4 is 10.1 Å². The van der Waals surface area contributed by atoms with Gasteiger partial charge in [-0.2, -0.15) is 4.98 Å². The first-order valence-electron chi connectivity index (χ1n) is 6.41. The molecule has 6 heteroatoms. The van der Waals surface area contributed by atoms with E-state index in [1.54, 1.807) is 24.6 Å². The molecule has 3 heterocycles. The molecule has 0 aliphatic carbocycles. The van der Waals surface area contributed by atoms with Crippen molar-refractivity contribution in [2.75, 3.05) is 7.11 Å². The minimum atomic E-state index is 0.220. The van der Waals surface area contributed by atoms with Gasteiger partial charge in [0.25, 0.3) is 0 Å². The van der Waals surface area contributed by atoms with Crippen LogP contribution in [0.1, 0.15) is 24.2 Å². The van der Waals surface area contributed by atoms with Crippen LogP contribution in [0.3, 0.4) is 0 Å². The molecule has 0 aromatic carbocycles. The van der Waals surface area contributed by atoms with Gasteiger partial charge in [0, 0.05) is 36.6 Å². The van der Waals surface area contributed by atoms with E-state index in [9.17, 15) is 0 Å². The summed E-state index contributed by atoms with van der Waals surface area (Å²) in [5, 5.41) is 5.51. The van der Waals surface area contributed by atoms with Crippen molar-refractivity contribution in [3.63, 3.8) is 0 Å². The van der Waals surface area contributed by atoms with Crippen LogP contribution in [0.4, 0.5) is 0 Å². The summed E-state index contributed by atoms with van der Waals surface area (Å²) in [5.41, 5.74) is 2.21. The van der Waals surface area contributed by atoms with Crippen LogP contribution in [-0.2, 0) is 6.54 Å². The fraction of sp³-hybridized carbons (Fsp3) is 0.286. The molecule has 20 heavy (non-hydrogen) atoms. The molecule has 1 N–H and O–H groups in total. The van der Waals surface area contributed by atoms with Crippen LogP contribution >= 0.6 is 11.3 Å². The summed E-state index contributed by atoms with van der Waals surface area (Å²) in [6.07, 6.45) is 5.68. The Labute approximate surface area is 121 Å². The minimum absolute atomic E-state index is 0.220. The Morgan fingerprint density at radius 1 is 1.50 bits per heavy atom. The molecular weight excluding hydrogens is 272 g/mol. The highest BCUT2D eigenvalue weighted by Crippen LogP contribution is 2.23. The van der Waals surface area contributed by atoms with Crippen molar-refractivity contribution >= 4 is 16.3 Å². The molecule has 3 rings (SSSR count). The molecule has 104 valence electrons. The van der Waals surface area contributed by atoms with E-state index >= 15 is 0 Å². The predicted molar refractivity (Wildman–Crippen MR) is 79.1 cm³/mol. The average Bonchev–Trinajstić information content (AvgIpc) is 3.06. The van der Waals surface area contributed by atoms with Gasteiger partial charge in [-0.3, -0.25) is 9.38 Å². The lowest BCUT2D eigenvalue weighted by molar-refractivity contribution is 0.391. The molecule has 1 atom stereocenters. The summed E-state index contributed by atoms with van der Waals surface area (Å²) >= 11 is 1.60. The lowest BCUT2D eigenvalue weighted by atomic mass is 10.1. The predicted octanol–water partition coefficient (Wildman–Crippen LogP) is 2.65. The van der Waals surface area contributed by atoms with Gasteiger partial charge in [0.05, 0.1) is 7.11 Å². The molecule has 0 fully saturated rings. The molecule has 0 amide bonds. The quantitative estimate of drug-likeness (QED) is 0.784. The van der Waals surface area contributed by atoms with Crippen molar-refractivity contribution in [1.82, 2.24) is 19.7 Å². The number of fused-ring (bicyclic) bond motifs is 1. The molecule has 3 aromatic heterocycles. The van der Waals surface area contributed by atoms with Crippen molar-refractivity contribution in [2.24, 2.45) is 0 Å². The summed E-state index contributed by atoms with van der Waals surface area (Å²) in [7, 11) is 1.65. The molecule has 0 saturated heterocycles. The van der Waals surface area contributed by atoms with Gasteiger partial charge in [0.15, 0.2) is 4.96 Å². The highest BCUT2D eigenvalue weighted by Gasteiger charge is 2.14. The first-order valence-corrected chi connectivity index (χ1v) is 7.29. The van der Waals surface area contributed by atoms with Crippen molar-refractivity contribution in [3.05, 3.63) is 47.4 Å². The number of ether oxygens (including phenoxy) is 1. The Kier molecular flexibility index (Phi) is 3.66. The molecule has 0 aliphatic heterocycles. The number of rotatable bonds is 5. The molecule has 0 spiro atoms. The second-order valence-corrected chi connectivity index (χ2v) is 5.39. The summed E-state index contributed by atoms with van der Waals surface area (Å²) in [6, 6.07) is 4.24. The monoisotopic (exact) mass is 288 g/mol. The third kappa shape index (κ3) is 2.39. The second kappa shape index (κ2) is 5.60. The molecule has 0 saturated carbocycles. The first-order chi connectivity index (χ1) is 9.79. The van der Waals surface area contributed by atoms with Gasteiger partial charge < -0.3 is 10.1 Å². The van der Waals surface area contributed by atoms with E-state index in [1.807, 2.05) is 23.8 Å². The van der Waals surface area contributed by atoms with Crippen LogP contribution in [0, 0.1) is 0 Å². The van der Waals surface area contributed by atoms with Crippen LogP contribution in [-0.4, -0.2) is 21.5 Å². The maximum Gasteiger partial charge on any atom is 0.237 e. The van der Waals surface area contributed by atoms with Crippen LogP contribution in [0.5, 0.6) is 5.88 Å². The van der Waals surface area contributed by atoms with Gasteiger partial charge in [-0.15, -0.1) is 11.3 Å². The summed E-state index contributed by atoms with van der Waals surface area (Å²) in [6.45, 7) is 2.81. The number of nitrogens with zero attached hydrogens (tertiary/aromatic N) is 3. The van der Waals surface area contributed by atoms with Crippen molar-refractivity contribution < 1.29 is 4.74 Å². The number of methoxy groups -OCH3 is 1. The Balaban J connectivity index is 1.78. The zero-order valence-electron chi connectivity index (χ0n) is 11.4. The van der Waals surface area contributed by atoms with Crippen LogP contribution in [0.2, 0.25) is 0 Å².